The highest BCUT2D eigenvalue weighted by Gasteiger charge is 2.27. The van der Waals surface area contributed by atoms with Gasteiger partial charge < -0.3 is 10.6 Å². The van der Waals surface area contributed by atoms with Crippen LogP contribution < -0.4 is 10.6 Å². The van der Waals surface area contributed by atoms with E-state index in [4.69, 9.17) is 0 Å². The first kappa shape index (κ1) is 8.73. The Bertz CT molecular complexity index is 263. The van der Waals surface area contributed by atoms with Crippen molar-refractivity contribution in [3.8, 4) is 0 Å². The number of piperazine rings is 1. The zero-order chi connectivity index (χ0) is 9.15. The highest BCUT2D eigenvalue weighted by Crippen LogP contribution is 2.20. The minimum absolute atomic E-state index is 0.111. The molecule has 2 N–H and O–H groups in total. The standard InChI is InChI=1S/C11H16N2/c1-11(9-12-7-8-13-11)10-5-3-2-4-6-10/h2-6,12-13H,7-9H2,1H3. The Balaban J connectivity index is 2.23. The maximum Gasteiger partial charge on any atom is 0.0532 e. The summed E-state index contributed by atoms with van der Waals surface area (Å²) in [7, 11) is 0. The molecule has 1 aromatic carbocycles. The van der Waals surface area contributed by atoms with Crippen LogP contribution in [0, 0.1) is 0 Å². The van der Waals surface area contributed by atoms with Gasteiger partial charge >= 0.3 is 0 Å². The molecule has 1 aliphatic heterocycles. The SMILES string of the molecule is CC1(c2ccccc2)CNCCN1. The van der Waals surface area contributed by atoms with Gasteiger partial charge in [-0.15, -0.1) is 0 Å². The quantitative estimate of drug-likeness (QED) is 0.669. The van der Waals surface area contributed by atoms with Gasteiger partial charge in [-0.2, -0.15) is 0 Å². The molecule has 2 nitrogen and oxygen atoms in total. The van der Waals surface area contributed by atoms with E-state index in [2.05, 4.69) is 47.9 Å². The molecular weight excluding hydrogens is 160 g/mol. The molecule has 1 heterocycles. The first-order chi connectivity index (χ1) is 6.31. The summed E-state index contributed by atoms with van der Waals surface area (Å²) in [5.41, 5.74) is 1.47. The van der Waals surface area contributed by atoms with Crippen molar-refractivity contribution < 1.29 is 0 Å². The summed E-state index contributed by atoms with van der Waals surface area (Å²) in [4.78, 5) is 0. The normalized spacial score (nSPS) is 28.7. The molecule has 0 aliphatic carbocycles. The topological polar surface area (TPSA) is 24.1 Å². The fourth-order valence-electron chi connectivity index (χ4n) is 1.84. The molecule has 1 aliphatic rings. The number of hydrogen-bond donors (Lipinski definition) is 2. The van der Waals surface area contributed by atoms with Crippen LogP contribution in [0.3, 0.4) is 0 Å². The molecule has 0 bridgehead atoms. The van der Waals surface area contributed by atoms with Gasteiger partial charge in [0.1, 0.15) is 0 Å². The first-order valence-corrected chi connectivity index (χ1v) is 4.82. The Morgan fingerprint density at radius 3 is 2.54 bits per heavy atom. The Kier molecular flexibility index (Phi) is 2.34. The van der Waals surface area contributed by atoms with E-state index < -0.39 is 0 Å². The molecule has 0 radical (unpaired) electrons. The van der Waals surface area contributed by atoms with Crippen LogP contribution in [0.15, 0.2) is 30.3 Å². The van der Waals surface area contributed by atoms with E-state index in [-0.39, 0.29) is 5.54 Å². The second kappa shape index (κ2) is 3.48. The van der Waals surface area contributed by atoms with Gasteiger partial charge in [0.2, 0.25) is 0 Å². The summed E-state index contributed by atoms with van der Waals surface area (Å²) in [6, 6.07) is 10.6. The molecule has 1 atom stereocenters. The predicted octanol–water partition coefficient (Wildman–Crippen LogP) is 1.09. The van der Waals surface area contributed by atoms with Gasteiger partial charge in [0.25, 0.3) is 0 Å². The average molecular weight is 176 g/mol. The Morgan fingerprint density at radius 2 is 1.92 bits per heavy atom. The Hall–Kier alpha value is -0.860. The molecular formula is C11H16N2. The van der Waals surface area contributed by atoms with E-state index in [1.54, 1.807) is 0 Å². The molecule has 1 aromatic rings. The third-order valence-corrected chi connectivity index (χ3v) is 2.71. The molecule has 13 heavy (non-hydrogen) atoms. The second-order valence-corrected chi connectivity index (χ2v) is 3.80. The van der Waals surface area contributed by atoms with Crippen LogP contribution >= 0.6 is 0 Å². The summed E-state index contributed by atoms with van der Waals surface area (Å²) in [6.45, 7) is 5.37. The molecule has 0 spiro atoms. The fraction of sp³-hybridized carbons (Fsp3) is 0.455. The van der Waals surface area contributed by atoms with Crippen molar-refractivity contribution in [3.05, 3.63) is 35.9 Å². The third-order valence-electron chi connectivity index (χ3n) is 2.71. The third kappa shape index (κ3) is 1.74. The molecule has 2 heteroatoms. The van der Waals surface area contributed by atoms with Crippen molar-refractivity contribution in [1.82, 2.24) is 10.6 Å². The van der Waals surface area contributed by atoms with E-state index in [1.165, 1.54) is 5.56 Å². The van der Waals surface area contributed by atoms with Crippen LogP contribution in [-0.2, 0) is 5.54 Å². The van der Waals surface area contributed by atoms with Crippen molar-refractivity contribution in [2.24, 2.45) is 0 Å². The molecule has 1 saturated heterocycles. The lowest BCUT2D eigenvalue weighted by Gasteiger charge is -2.36. The van der Waals surface area contributed by atoms with Crippen molar-refractivity contribution in [2.45, 2.75) is 12.5 Å². The molecule has 0 saturated carbocycles. The molecule has 70 valence electrons. The van der Waals surface area contributed by atoms with E-state index in [0.29, 0.717) is 0 Å². The monoisotopic (exact) mass is 176 g/mol. The predicted molar refractivity (Wildman–Crippen MR) is 54.7 cm³/mol. The number of rotatable bonds is 1. The smallest absolute Gasteiger partial charge is 0.0532 e. The van der Waals surface area contributed by atoms with Gasteiger partial charge in [-0.05, 0) is 12.5 Å². The summed E-state index contributed by atoms with van der Waals surface area (Å²) < 4.78 is 0. The number of nitrogens with one attached hydrogen (secondary N) is 2. The second-order valence-electron chi connectivity index (χ2n) is 3.80. The maximum atomic E-state index is 3.55. The van der Waals surface area contributed by atoms with Gasteiger partial charge in [-0.3, -0.25) is 0 Å². The number of benzene rings is 1. The van der Waals surface area contributed by atoms with Gasteiger partial charge in [0.05, 0.1) is 5.54 Å². The van der Waals surface area contributed by atoms with Gasteiger partial charge in [-0.25, -0.2) is 0 Å². The zero-order valence-electron chi connectivity index (χ0n) is 8.01. The van der Waals surface area contributed by atoms with E-state index in [1.807, 2.05) is 0 Å². The summed E-state index contributed by atoms with van der Waals surface area (Å²) in [5, 5.41) is 6.96. The number of hydrogen-bond acceptors (Lipinski definition) is 2. The molecule has 1 fully saturated rings. The zero-order valence-corrected chi connectivity index (χ0v) is 8.01. The van der Waals surface area contributed by atoms with Gasteiger partial charge in [-0.1, -0.05) is 30.3 Å². The van der Waals surface area contributed by atoms with Crippen LogP contribution in [0.1, 0.15) is 12.5 Å². The van der Waals surface area contributed by atoms with Gasteiger partial charge in [0.15, 0.2) is 0 Å². The average Bonchev–Trinajstić information content (AvgIpc) is 2.20. The summed E-state index contributed by atoms with van der Waals surface area (Å²) in [6.07, 6.45) is 0. The molecule has 1 unspecified atom stereocenters. The molecule has 0 amide bonds. The van der Waals surface area contributed by atoms with Crippen LogP contribution in [0.5, 0.6) is 0 Å². The summed E-state index contributed by atoms with van der Waals surface area (Å²) in [5.74, 6) is 0. The lowest BCUT2D eigenvalue weighted by molar-refractivity contribution is 0.303. The van der Waals surface area contributed by atoms with Gasteiger partial charge in [0, 0.05) is 19.6 Å². The minimum atomic E-state index is 0.111. The van der Waals surface area contributed by atoms with Crippen LogP contribution in [0.4, 0.5) is 0 Å². The highest BCUT2D eigenvalue weighted by molar-refractivity contribution is 5.24. The maximum absolute atomic E-state index is 3.55. The fourth-order valence-corrected chi connectivity index (χ4v) is 1.84. The van der Waals surface area contributed by atoms with Crippen LogP contribution in [-0.4, -0.2) is 19.6 Å². The van der Waals surface area contributed by atoms with Crippen molar-refractivity contribution in [1.29, 1.82) is 0 Å². The lowest BCUT2D eigenvalue weighted by Crippen LogP contribution is -2.54. The summed E-state index contributed by atoms with van der Waals surface area (Å²) >= 11 is 0. The van der Waals surface area contributed by atoms with Crippen molar-refractivity contribution >= 4 is 0 Å². The van der Waals surface area contributed by atoms with Crippen LogP contribution in [0.2, 0.25) is 0 Å². The Labute approximate surface area is 79.4 Å². The lowest BCUT2D eigenvalue weighted by atomic mass is 9.90. The first-order valence-electron chi connectivity index (χ1n) is 4.82. The minimum Gasteiger partial charge on any atom is -0.313 e. The van der Waals surface area contributed by atoms with Crippen LogP contribution in [0.25, 0.3) is 0 Å². The largest absolute Gasteiger partial charge is 0.313 e. The van der Waals surface area contributed by atoms with E-state index >= 15 is 0 Å². The van der Waals surface area contributed by atoms with Crippen molar-refractivity contribution in [3.63, 3.8) is 0 Å². The molecule has 2 rings (SSSR count). The van der Waals surface area contributed by atoms with Crippen molar-refractivity contribution in [2.75, 3.05) is 19.6 Å². The Morgan fingerprint density at radius 1 is 1.15 bits per heavy atom. The van der Waals surface area contributed by atoms with E-state index in [0.717, 1.165) is 19.6 Å². The highest BCUT2D eigenvalue weighted by atomic mass is 15.1. The molecule has 0 aromatic heterocycles. The van der Waals surface area contributed by atoms with E-state index in [9.17, 15) is 0 Å².